The van der Waals surface area contributed by atoms with Crippen LogP contribution in [0, 0.1) is 0 Å². The van der Waals surface area contributed by atoms with Crippen LogP contribution in [0.2, 0.25) is 5.02 Å². The molecule has 0 bridgehead atoms. The highest BCUT2D eigenvalue weighted by Crippen LogP contribution is 2.54. The molecule has 4 aromatic carbocycles. The molecule has 0 aliphatic heterocycles. The van der Waals surface area contributed by atoms with Gasteiger partial charge in [-0.3, -0.25) is 0 Å². The molecule has 1 aliphatic carbocycles. The van der Waals surface area contributed by atoms with Crippen LogP contribution in [-0.4, -0.2) is 0 Å². The number of fused-ring (bicyclic) bond motifs is 3. The molecule has 0 atom stereocenters. The van der Waals surface area contributed by atoms with E-state index in [1.54, 1.807) is 0 Å². The van der Waals surface area contributed by atoms with Gasteiger partial charge < -0.3 is 0 Å². The fraction of sp³-hybridized carbons (Fsp3) is 0.226. The maximum Gasteiger partial charge on any atom is 0.0409 e. The summed E-state index contributed by atoms with van der Waals surface area (Å²) in [6, 6.07) is 30.9. The minimum atomic E-state index is -0.122. The summed E-state index contributed by atoms with van der Waals surface area (Å²) in [7, 11) is 0. The normalized spacial score (nSPS) is 14.2. The first-order valence-corrected chi connectivity index (χ1v) is 11.7. The van der Waals surface area contributed by atoms with Crippen molar-refractivity contribution in [3.63, 3.8) is 0 Å². The van der Waals surface area contributed by atoms with Crippen molar-refractivity contribution < 1.29 is 0 Å². The van der Waals surface area contributed by atoms with E-state index < -0.39 is 0 Å². The minimum absolute atomic E-state index is 0.122. The van der Waals surface area contributed by atoms with Gasteiger partial charge in [0.15, 0.2) is 0 Å². The summed E-state index contributed by atoms with van der Waals surface area (Å²) in [4.78, 5) is 0. The Balaban J connectivity index is 1.79. The van der Waals surface area contributed by atoms with Crippen molar-refractivity contribution in [2.75, 3.05) is 0 Å². The lowest BCUT2D eigenvalue weighted by atomic mass is 9.77. The molecule has 0 spiro atoms. The van der Waals surface area contributed by atoms with Gasteiger partial charge in [-0.05, 0) is 79.8 Å². The molecule has 0 aromatic heterocycles. The third-order valence-corrected chi connectivity index (χ3v) is 7.11. The van der Waals surface area contributed by atoms with E-state index in [0.717, 1.165) is 5.02 Å². The zero-order chi connectivity index (χ0) is 22.7. The van der Waals surface area contributed by atoms with Crippen LogP contribution in [0.15, 0.2) is 84.9 Å². The highest BCUT2D eigenvalue weighted by atomic mass is 35.5. The van der Waals surface area contributed by atoms with Gasteiger partial charge in [-0.25, -0.2) is 0 Å². The van der Waals surface area contributed by atoms with Crippen LogP contribution in [0.3, 0.4) is 0 Å². The summed E-state index contributed by atoms with van der Waals surface area (Å²) in [5.74, 6) is 0. The zero-order valence-electron chi connectivity index (χ0n) is 19.5. The molecule has 32 heavy (non-hydrogen) atoms. The quantitative estimate of drug-likeness (QED) is 0.293. The van der Waals surface area contributed by atoms with Crippen LogP contribution in [-0.2, 0) is 10.8 Å². The van der Waals surface area contributed by atoms with E-state index in [2.05, 4.69) is 113 Å². The molecule has 0 fully saturated rings. The maximum atomic E-state index is 6.44. The van der Waals surface area contributed by atoms with Gasteiger partial charge in [-0.2, -0.15) is 0 Å². The monoisotopic (exact) mass is 436 g/mol. The smallest absolute Gasteiger partial charge is 0.0409 e. The molecule has 160 valence electrons. The lowest BCUT2D eigenvalue weighted by Gasteiger charge is -2.26. The molecule has 0 saturated carbocycles. The Kier molecular flexibility index (Phi) is 4.84. The standard InChI is InChI=1S/C31H29Cl/c1-30(2,3)23-13-11-21(12-14-23)26-17-22(20-9-7-6-8-10-20)18-27-25-16-15-24(32)19-28(25)31(4,5)29(26)27/h6-19H,1-5H3. The SMILES string of the molecule is CC(C)(C)c1ccc(-c2cc(-c3ccccc3)cc3c2C(C)(C)c2cc(Cl)ccc2-3)cc1. The van der Waals surface area contributed by atoms with E-state index in [1.807, 2.05) is 6.07 Å². The van der Waals surface area contributed by atoms with Gasteiger partial charge in [-0.15, -0.1) is 0 Å². The summed E-state index contributed by atoms with van der Waals surface area (Å²) in [5, 5.41) is 0.795. The second-order valence-corrected chi connectivity index (χ2v) is 10.9. The first-order valence-electron chi connectivity index (χ1n) is 11.3. The van der Waals surface area contributed by atoms with Crippen molar-refractivity contribution in [3.05, 3.63) is 107 Å². The van der Waals surface area contributed by atoms with E-state index >= 15 is 0 Å². The van der Waals surface area contributed by atoms with Crippen LogP contribution in [0.5, 0.6) is 0 Å². The van der Waals surface area contributed by atoms with Gasteiger partial charge >= 0.3 is 0 Å². The largest absolute Gasteiger partial charge is 0.0843 e. The van der Waals surface area contributed by atoms with Crippen LogP contribution in [0.1, 0.15) is 51.3 Å². The Morgan fingerprint density at radius 2 is 1.28 bits per heavy atom. The van der Waals surface area contributed by atoms with E-state index in [0.29, 0.717) is 0 Å². The number of rotatable bonds is 2. The van der Waals surface area contributed by atoms with Crippen molar-refractivity contribution in [2.24, 2.45) is 0 Å². The first-order chi connectivity index (χ1) is 15.2. The molecule has 4 aromatic rings. The van der Waals surface area contributed by atoms with Gasteiger partial charge in [-0.1, -0.05) is 107 Å². The van der Waals surface area contributed by atoms with Crippen molar-refractivity contribution >= 4 is 11.6 Å². The summed E-state index contributed by atoms with van der Waals surface area (Å²) >= 11 is 6.44. The fourth-order valence-corrected chi connectivity index (χ4v) is 5.28. The average Bonchev–Trinajstić information content (AvgIpc) is 3.00. The molecule has 0 N–H and O–H groups in total. The molecule has 0 unspecified atom stereocenters. The molecule has 0 radical (unpaired) electrons. The van der Waals surface area contributed by atoms with E-state index in [1.165, 1.54) is 50.1 Å². The van der Waals surface area contributed by atoms with Crippen molar-refractivity contribution in [3.8, 4) is 33.4 Å². The zero-order valence-corrected chi connectivity index (χ0v) is 20.2. The van der Waals surface area contributed by atoms with Crippen LogP contribution in [0.25, 0.3) is 33.4 Å². The molecule has 5 rings (SSSR count). The Hall–Kier alpha value is -2.83. The topological polar surface area (TPSA) is 0 Å². The fourth-order valence-electron chi connectivity index (χ4n) is 5.11. The summed E-state index contributed by atoms with van der Waals surface area (Å²) in [5.41, 5.74) is 11.7. The van der Waals surface area contributed by atoms with E-state index in [-0.39, 0.29) is 10.8 Å². The highest BCUT2D eigenvalue weighted by Gasteiger charge is 2.38. The Bertz CT molecular complexity index is 1300. The first kappa shape index (κ1) is 21.0. The Morgan fingerprint density at radius 3 is 1.94 bits per heavy atom. The highest BCUT2D eigenvalue weighted by molar-refractivity contribution is 6.30. The lowest BCUT2D eigenvalue weighted by molar-refractivity contribution is 0.590. The van der Waals surface area contributed by atoms with Crippen molar-refractivity contribution in [1.82, 2.24) is 0 Å². The van der Waals surface area contributed by atoms with Gasteiger partial charge in [0.1, 0.15) is 0 Å². The molecular weight excluding hydrogens is 408 g/mol. The van der Waals surface area contributed by atoms with Gasteiger partial charge in [0.25, 0.3) is 0 Å². The van der Waals surface area contributed by atoms with Crippen molar-refractivity contribution in [2.45, 2.75) is 45.4 Å². The van der Waals surface area contributed by atoms with Crippen LogP contribution in [0.4, 0.5) is 0 Å². The average molecular weight is 437 g/mol. The minimum Gasteiger partial charge on any atom is -0.0843 e. The van der Waals surface area contributed by atoms with Crippen LogP contribution >= 0.6 is 11.6 Å². The Morgan fingerprint density at radius 1 is 0.625 bits per heavy atom. The maximum absolute atomic E-state index is 6.44. The van der Waals surface area contributed by atoms with Crippen molar-refractivity contribution in [1.29, 1.82) is 0 Å². The van der Waals surface area contributed by atoms with Crippen LogP contribution < -0.4 is 0 Å². The third-order valence-electron chi connectivity index (χ3n) is 6.88. The number of hydrogen-bond acceptors (Lipinski definition) is 0. The summed E-state index contributed by atoms with van der Waals surface area (Å²) in [6.07, 6.45) is 0. The molecular formula is C31H29Cl. The molecule has 0 saturated heterocycles. The molecule has 0 heterocycles. The second kappa shape index (κ2) is 7.36. The summed E-state index contributed by atoms with van der Waals surface area (Å²) < 4.78 is 0. The predicted molar refractivity (Wildman–Crippen MR) is 139 cm³/mol. The summed E-state index contributed by atoms with van der Waals surface area (Å²) in [6.45, 7) is 11.4. The molecule has 0 amide bonds. The Labute approximate surface area is 196 Å². The van der Waals surface area contributed by atoms with Gasteiger partial charge in [0, 0.05) is 10.4 Å². The lowest BCUT2D eigenvalue weighted by Crippen LogP contribution is -2.16. The van der Waals surface area contributed by atoms with E-state index in [9.17, 15) is 0 Å². The predicted octanol–water partition coefficient (Wildman–Crippen LogP) is 9.28. The number of hydrogen-bond donors (Lipinski definition) is 0. The molecule has 1 heteroatoms. The number of halogens is 1. The third kappa shape index (κ3) is 3.38. The second-order valence-electron chi connectivity index (χ2n) is 10.5. The van der Waals surface area contributed by atoms with Gasteiger partial charge in [0.2, 0.25) is 0 Å². The van der Waals surface area contributed by atoms with Gasteiger partial charge in [0.05, 0.1) is 0 Å². The molecule has 0 nitrogen and oxygen atoms in total. The van der Waals surface area contributed by atoms with E-state index in [4.69, 9.17) is 11.6 Å². The number of benzene rings is 4. The molecule has 1 aliphatic rings.